The van der Waals surface area contributed by atoms with Crippen molar-refractivity contribution in [3.63, 3.8) is 0 Å². The third kappa shape index (κ3) is 2.72. The Labute approximate surface area is 135 Å². The van der Waals surface area contributed by atoms with E-state index in [0.29, 0.717) is 0 Å². The quantitative estimate of drug-likeness (QED) is 0.725. The Morgan fingerprint density at radius 1 is 0.913 bits per heavy atom. The van der Waals surface area contributed by atoms with Crippen LogP contribution in [0.15, 0.2) is 42.9 Å². The molecule has 6 heteroatoms. The Balaban J connectivity index is 1.53. The fraction of sp³-hybridized carbons (Fsp3) is 0.353. The van der Waals surface area contributed by atoms with Crippen LogP contribution in [-0.4, -0.2) is 45.7 Å². The highest BCUT2D eigenvalue weighted by Crippen LogP contribution is 2.19. The third-order valence-corrected chi connectivity index (χ3v) is 4.37. The standard InChI is InChI=1S/C17H20N6/c1-21-13-19-16-15(21)12-18-17(20-16)23-9-5-8-22(10-11-23)14-6-3-2-4-7-14/h2-4,6-7,12-13H,5,8-11H2,1H3. The fourth-order valence-corrected chi connectivity index (χ4v) is 3.07. The van der Waals surface area contributed by atoms with Crippen molar-refractivity contribution in [2.45, 2.75) is 6.42 Å². The molecule has 4 rings (SSSR count). The van der Waals surface area contributed by atoms with Crippen LogP contribution in [0, 0.1) is 0 Å². The lowest BCUT2D eigenvalue weighted by atomic mass is 10.3. The Morgan fingerprint density at radius 2 is 1.70 bits per heavy atom. The molecular formula is C17H20N6. The van der Waals surface area contributed by atoms with Crippen molar-refractivity contribution in [2.75, 3.05) is 36.0 Å². The predicted molar refractivity (Wildman–Crippen MR) is 91.8 cm³/mol. The first-order valence-corrected chi connectivity index (χ1v) is 8.00. The van der Waals surface area contributed by atoms with E-state index in [0.717, 1.165) is 49.7 Å². The van der Waals surface area contributed by atoms with Crippen LogP contribution in [0.5, 0.6) is 0 Å². The monoisotopic (exact) mass is 308 g/mol. The second-order valence-corrected chi connectivity index (χ2v) is 5.90. The van der Waals surface area contributed by atoms with Crippen molar-refractivity contribution in [3.05, 3.63) is 42.9 Å². The van der Waals surface area contributed by atoms with Gasteiger partial charge in [-0.15, -0.1) is 0 Å². The highest BCUT2D eigenvalue weighted by molar-refractivity contribution is 5.70. The van der Waals surface area contributed by atoms with Gasteiger partial charge in [0.25, 0.3) is 0 Å². The molecule has 0 bridgehead atoms. The van der Waals surface area contributed by atoms with Gasteiger partial charge in [0.1, 0.15) is 5.52 Å². The van der Waals surface area contributed by atoms with Gasteiger partial charge in [-0.2, -0.15) is 4.98 Å². The summed E-state index contributed by atoms with van der Waals surface area (Å²) in [7, 11) is 1.96. The lowest BCUT2D eigenvalue weighted by Gasteiger charge is -2.23. The van der Waals surface area contributed by atoms with E-state index in [-0.39, 0.29) is 0 Å². The van der Waals surface area contributed by atoms with E-state index in [1.807, 2.05) is 17.8 Å². The second kappa shape index (κ2) is 5.87. The minimum atomic E-state index is 0.765. The number of anilines is 2. The van der Waals surface area contributed by atoms with Crippen LogP contribution in [0.3, 0.4) is 0 Å². The maximum Gasteiger partial charge on any atom is 0.227 e. The molecule has 0 radical (unpaired) electrons. The number of benzene rings is 1. The Hall–Kier alpha value is -2.63. The molecule has 6 nitrogen and oxygen atoms in total. The van der Waals surface area contributed by atoms with Crippen LogP contribution in [0.4, 0.5) is 11.6 Å². The second-order valence-electron chi connectivity index (χ2n) is 5.90. The zero-order chi connectivity index (χ0) is 15.6. The molecule has 0 spiro atoms. The third-order valence-electron chi connectivity index (χ3n) is 4.37. The summed E-state index contributed by atoms with van der Waals surface area (Å²) in [6.07, 6.45) is 4.74. The molecule has 2 aromatic heterocycles. The molecule has 1 saturated heterocycles. The maximum atomic E-state index is 4.62. The number of para-hydroxylation sites is 1. The van der Waals surface area contributed by atoms with Gasteiger partial charge < -0.3 is 14.4 Å². The largest absolute Gasteiger partial charge is 0.370 e. The average molecular weight is 308 g/mol. The molecule has 0 unspecified atom stereocenters. The molecule has 0 aliphatic carbocycles. The van der Waals surface area contributed by atoms with Crippen molar-refractivity contribution in [1.29, 1.82) is 0 Å². The minimum absolute atomic E-state index is 0.765. The lowest BCUT2D eigenvalue weighted by molar-refractivity contribution is 0.784. The molecule has 3 heterocycles. The first kappa shape index (κ1) is 14.0. The van der Waals surface area contributed by atoms with Crippen LogP contribution >= 0.6 is 0 Å². The van der Waals surface area contributed by atoms with Crippen molar-refractivity contribution in [2.24, 2.45) is 7.05 Å². The number of nitrogens with zero attached hydrogens (tertiary/aromatic N) is 6. The summed E-state index contributed by atoms with van der Waals surface area (Å²) in [6.45, 7) is 3.94. The van der Waals surface area contributed by atoms with Gasteiger partial charge in [-0.25, -0.2) is 9.97 Å². The first-order valence-electron chi connectivity index (χ1n) is 8.00. The molecule has 23 heavy (non-hydrogen) atoms. The summed E-state index contributed by atoms with van der Waals surface area (Å²) in [5, 5.41) is 0. The Bertz CT molecular complexity index is 797. The summed E-state index contributed by atoms with van der Waals surface area (Å²) in [4.78, 5) is 18.2. The van der Waals surface area contributed by atoms with Gasteiger partial charge in [-0.3, -0.25) is 0 Å². The predicted octanol–water partition coefficient (Wildman–Crippen LogP) is 2.08. The van der Waals surface area contributed by atoms with E-state index >= 15 is 0 Å². The lowest BCUT2D eigenvalue weighted by Crippen LogP contribution is -2.31. The van der Waals surface area contributed by atoms with Gasteiger partial charge in [-0.05, 0) is 18.6 Å². The smallest absolute Gasteiger partial charge is 0.227 e. The maximum absolute atomic E-state index is 4.62. The van der Waals surface area contributed by atoms with Crippen molar-refractivity contribution >= 4 is 22.8 Å². The van der Waals surface area contributed by atoms with Crippen LogP contribution in [0.1, 0.15) is 6.42 Å². The van der Waals surface area contributed by atoms with Gasteiger partial charge >= 0.3 is 0 Å². The van der Waals surface area contributed by atoms with E-state index in [1.54, 1.807) is 6.33 Å². The number of hydrogen-bond donors (Lipinski definition) is 0. The number of hydrogen-bond acceptors (Lipinski definition) is 5. The molecule has 1 aliphatic heterocycles. The van der Waals surface area contributed by atoms with E-state index < -0.39 is 0 Å². The van der Waals surface area contributed by atoms with Gasteiger partial charge in [0.15, 0.2) is 5.65 Å². The van der Waals surface area contributed by atoms with Crippen LogP contribution < -0.4 is 9.80 Å². The highest BCUT2D eigenvalue weighted by atomic mass is 15.3. The molecule has 3 aromatic rings. The zero-order valence-electron chi connectivity index (χ0n) is 13.3. The van der Waals surface area contributed by atoms with Gasteiger partial charge in [0.2, 0.25) is 5.95 Å². The van der Waals surface area contributed by atoms with Gasteiger partial charge in [0.05, 0.1) is 12.5 Å². The Morgan fingerprint density at radius 3 is 2.57 bits per heavy atom. The molecule has 1 aliphatic rings. The number of imidazole rings is 1. The summed E-state index contributed by atoms with van der Waals surface area (Å²) in [5.74, 6) is 0.783. The highest BCUT2D eigenvalue weighted by Gasteiger charge is 2.18. The molecule has 1 fully saturated rings. The number of fused-ring (bicyclic) bond motifs is 1. The molecule has 118 valence electrons. The minimum Gasteiger partial charge on any atom is -0.370 e. The van der Waals surface area contributed by atoms with Crippen molar-refractivity contribution < 1.29 is 0 Å². The van der Waals surface area contributed by atoms with Crippen molar-refractivity contribution in [1.82, 2.24) is 19.5 Å². The fourth-order valence-electron chi connectivity index (χ4n) is 3.07. The molecular weight excluding hydrogens is 288 g/mol. The van der Waals surface area contributed by atoms with E-state index in [4.69, 9.17) is 0 Å². The molecule has 0 atom stereocenters. The number of aryl methyl sites for hydroxylation is 1. The normalized spacial score (nSPS) is 15.9. The number of aromatic nitrogens is 4. The van der Waals surface area contributed by atoms with E-state index in [1.165, 1.54) is 5.69 Å². The molecule has 1 aromatic carbocycles. The van der Waals surface area contributed by atoms with Gasteiger partial charge in [0, 0.05) is 38.9 Å². The zero-order valence-corrected chi connectivity index (χ0v) is 13.3. The summed E-state index contributed by atoms with van der Waals surface area (Å²) >= 11 is 0. The Kier molecular flexibility index (Phi) is 3.57. The number of rotatable bonds is 2. The van der Waals surface area contributed by atoms with Crippen LogP contribution in [-0.2, 0) is 7.05 Å². The summed E-state index contributed by atoms with van der Waals surface area (Å²) < 4.78 is 1.94. The van der Waals surface area contributed by atoms with Crippen LogP contribution in [0.2, 0.25) is 0 Å². The van der Waals surface area contributed by atoms with E-state index in [9.17, 15) is 0 Å². The van der Waals surface area contributed by atoms with Gasteiger partial charge in [-0.1, -0.05) is 18.2 Å². The molecule has 0 amide bonds. The summed E-state index contributed by atoms with van der Waals surface area (Å²) in [5.41, 5.74) is 3.02. The average Bonchev–Trinajstić information content (AvgIpc) is 2.82. The first-order chi connectivity index (χ1) is 11.3. The van der Waals surface area contributed by atoms with Crippen LogP contribution in [0.25, 0.3) is 11.2 Å². The van der Waals surface area contributed by atoms with Crippen molar-refractivity contribution in [3.8, 4) is 0 Å². The summed E-state index contributed by atoms with van der Waals surface area (Å²) in [6, 6.07) is 10.6. The van der Waals surface area contributed by atoms with E-state index in [2.05, 4.69) is 55.1 Å². The topological polar surface area (TPSA) is 50.1 Å². The SMILES string of the molecule is Cn1cnc2nc(N3CCCN(c4ccccc4)CC3)ncc21. The molecule has 0 saturated carbocycles. The molecule has 0 N–H and O–H groups in total.